The van der Waals surface area contributed by atoms with Gasteiger partial charge in [-0.15, -0.1) is 0 Å². The predicted octanol–water partition coefficient (Wildman–Crippen LogP) is 1.78. The van der Waals surface area contributed by atoms with Crippen molar-refractivity contribution >= 4 is 11.9 Å². The molecule has 144 valence electrons. The fourth-order valence-electron chi connectivity index (χ4n) is 3.80. The Bertz CT molecular complexity index is 624. The van der Waals surface area contributed by atoms with Crippen LogP contribution in [0.3, 0.4) is 0 Å². The Morgan fingerprint density at radius 1 is 1.23 bits per heavy atom. The average molecular weight is 363 g/mol. The van der Waals surface area contributed by atoms with Crippen LogP contribution in [0.15, 0.2) is 4.52 Å². The lowest BCUT2D eigenvalue weighted by Crippen LogP contribution is -2.48. The van der Waals surface area contributed by atoms with Crippen molar-refractivity contribution in [3.63, 3.8) is 0 Å². The Hall–Kier alpha value is -2.12. The number of nitrogens with zero attached hydrogens (tertiary/aromatic N) is 4. The Morgan fingerprint density at radius 2 is 2.00 bits per heavy atom. The zero-order chi connectivity index (χ0) is 18.5. The first-order chi connectivity index (χ1) is 12.5. The quantitative estimate of drug-likeness (QED) is 0.861. The third kappa shape index (κ3) is 4.53. The van der Waals surface area contributed by atoms with E-state index >= 15 is 0 Å². The Kier molecular flexibility index (Phi) is 6.11. The van der Waals surface area contributed by atoms with E-state index in [1.807, 2.05) is 0 Å². The van der Waals surface area contributed by atoms with E-state index in [9.17, 15) is 9.59 Å². The van der Waals surface area contributed by atoms with Gasteiger partial charge in [0.2, 0.25) is 11.8 Å². The lowest BCUT2D eigenvalue weighted by Gasteiger charge is -2.33. The van der Waals surface area contributed by atoms with E-state index in [0.29, 0.717) is 37.8 Å². The van der Waals surface area contributed by atoms with Crippen molar-refractivity contribution < 1.29 is 14.1 Å². The molecule has 2 heterocycles. The van der Waals surface area contributed by atoms with Gasteiger partial charge < -0.3 is 19.6 Å². The number of likely N-dealkylation sites (tertiary alicyclic amines) is 1. The molecule has 0 aromatic carbocycles. The number of hydrogen-bond acceptors (Lipinski definition) is 5. The molecule has 1 aromatic heterocycles. The van der Waals surface area contributed by atoms with Crippen LogP contribution in [0.4, 0.5) is 4.79 Å². The average Bonchev–Trinajstić information content (AvgIpc) is 3.32. The zero-order valence-electron chi connectivity index (χ0n) is 15.7. The molecule has 0 radical (unpaired) electrons. The maximum absolute atomic E-state index is 12.4. The second-order valence-electron chi connectivity index (χ2n) is 7.53. The summed E-state index contributed by atoms with van der Waals surface area (Å²) in [5, 5.41) is 6.99. The lowest BCUT2D eigenvalue weighted by molar-refractivity contribution is -0.126. The van der Waals surface area contributed by atoms with Crippen LogP contribution >= 0.6 is 0 Å². The van der Waals surface area contributed by atoms with Crippen molar-refractivity contribution in [1.82, 2.24) is 25.3 Å². The van der Waals surface area contributed by atoms with Gasteiger partial charge in [-0.3, -0.25) is 4.79 Å². The van der Waals surface area contributed by atoms with E-state index in [1.54, 1.807) is 23.9 Å². The molecule has 1 N–H and O–H groups in total. The highest BCUT2D eigenvalue weighted by atomic mass is 16.5. The molecule has 1 saturated carbocycles. The van der Waals surface area contributed by atoms with Crippen molar-refractivity contribution in [3.8, 4) is 0 Å². The summed E-state index contributed by atoms with van der Waals surface area (Å²) in [6, 6.07) is -0.0336. The molecule has 2 aliphatic rings. The van der Waals surface area contributed by atoms with Crippen LogP contribution in [0.2, 0.25) is 0 Å². The molecule has 3 rings (SSSR count). The van der Waals surface area contributed by atoms with E-state index in [1.165, 1.54) is 12.8 Å². The Labute approximate surface area is 154 Å². The first kappa shape index (κ1) is 18.7. The van der Waals surface area contributed by atoms with E-state index in [2.05, 4.69) is 15.5 Å². The van der Waals surface area contributed by atoms with Gasteiger partial charge in [-0.2, -0.15) is 4.98 Å². The molecule has 26 heavy (non-hydrogen) atoms. The highest BCUT2D eigenvalue weighted by Crippen LogP contribution is 2.32. The summed E-state index contributed by atoms with van der Waals surface area (Å²) in [5.41, 5.74) is 0. The first-order valence-corrected chi connectivity index (χ1v) is 9.61. The Balaban J connectivity index is 1.43. The van der Waals surface area contributed by atoms with E-state index in [0.717, 1.165) is 31.6 Å². The number of nitrogens with one attached hydrogen (secondary N) is 1. The van der Waals surface area contributed by atoms with Crippen LogP contribution in [0.25, 0.3) is 0 Å². The van der Waals surface area contributed by atoms with E-state index in [-0.39, 0.29) is 17.9 Å². The zero-order valence-corrected chi connectivity index (χ0v) is 15.7. The summed E-state index contributed by atoms with van der Waals surface area (Å²) >= 11 is 0. The molecule has 8 nitrogen and oxygen atoms in total. The summed E-state index contributed by atoms with van der Waals surface area (Å²) in [6.07, 6.45) is 6.95. The van der Waals surface area contributed by atoms with Gasteiger partial charge in [0.15, 0.2) is 5.82 Å². The van der Waals surface area contributed by atoms with Gasteiger partial charge in [-0.25, -0.2) is 4.79 Å². The second kappa shape index (κ2) is 8.51. The van der Waals surface area contributed by atoms with Gasteiger partial charge in [-0.1, -0.05) is 18.0 Å². The summed E-state index contributed by atoms with van der Waals surface area (Å²) in [4.78, 5) is 32.3. The summed E-state index contributed by atoms with van der Waals surface area (Å²) in [7, 11) is 3.47. The number of carbonyl (C=O) groups excluding carboxylic acids is 2. The van der Waals surface area contributed by atoms with Gasteiger partial charge in [0, 0.05) is 46.1 Å². The Morgan fingerprint density at radius 3 is 2.73 bits per heavy atom. The fraction of sp³-hybridized carbons (Fsp3) is 0.778. The van der Waals surface area contributed by atoms with Crippen molar-refractivity contribution in [1.29, 1.82) is 0 Å². The van der Waals surface area contributed by atoms with Crippen LogP contribution in [0, 0.1) is 5.92 Å². The van der Waals surface area contributed by atoms with Gasteiger partial charge in [0.25, 0.3) is 0 Å². The largest absolute Gasteiger partial charge is 0.355 e. The summed E-state index contributed by atoms with van der Waals surface area (Å²) in [5.74, 6) is 1.66. The molecule has 0 spiro atoms. The van der Waals surface area contributed by atoms with E-state index in [4.69, 9.17) is 4.52 Å². The first-order valence-electron chi connectivity index (χ1n) is 9.61. The molecule has 0 unspecified atom stereocenters. The maximum Gasteiger partial charge on any atom is 0.319 e. The number of hydrogen-bond donors (Lipinski definition) is 1. The van der Waals surface area contributed by atoms with Gasteiger partial charge in [-0.05, 0) is 25.7 Å². The predicted molar refractivity (Wildman–Crippen MR) is 95.6 cm³/mol. The minimum Gasteiger partial charge on any atom is -0.355 e. The highest BCUT2D eigenvalue weighted by molar-refractivity contribution is 5.80. The third-order valence-corrected chi connectivity index (χ3v) is 5.28. The maximum atomic E-state index is 12.4. The molecular formula is C18H29N5O3. The SMILES string of the molecule is CN(C)C(=O)N1CCC[C@@H](C(=O)NCCc2noc(C3CCCC3)n2)C1. The normalized spacial score (nSPS) is 21.0. The van der Waals surface area contributed by atoms with E-state index < -0.39 is 0 Å². The van der Waals surface area contributed by atoms with Crippen molar-refractivity contribution in [2.75, 3.05) is 33.7 Å². The highest BCUT2D eigenvalue weighted by Gasteiger charge is 2.29. The van der Waals surface area contributed by atoms with Crippen LogP contribution < -0.4 is 5.32 Å². The topological polar surface area (TPSA) is 91.6 Å². The van der Waals surface area contributed by atoms with Crippen LogP contribution in [-0.2, 0) is 11.2 Å². The molecule has 2 fully saturated rings. The van der Waals surface area contributed by atoms with Gasteiger partial charge in [0.1, 0.15) is 0 Å². The molecule has 0 bridgehead atoms. The molecule has 8 heteroatoms. The number of rotatable bonds is 5. The minimum atomic E-state index is -0.146. The van der Waals surface area contributed by atoms with Crippen LogP contribution in [0.5, 0.6) is 0 Å². The monoisotopic (exact) mass is 363 g/mol. The second-order valence-corrected chi connectivity index (χ2v) is 7.53. The van der Waals surface area contributed by atoms with Crippen molar-refractivity contribution in [2.24, 2.45) is 5.92 Å². The van der Waals surface area contributed by atoms with Gasteiger partial charge >= 0.3 is 6.03 Å². The fourth-order valence-corrected chi connectivity index (χ4v) is 3.80. The van der Waals surface area contributed by atoms with Crippen LogP contribution in [0.1, 0.15) is 56.2 Å². The minimum absolute atomic E-state index is 0.000711. The summed E-state index contributed by atoms with van der Waals surface area (Å²) in [6.45, 7) is 1.69. The molecule has 1 aromatic rings. The number of urea groups is 1. The molecule has 1 atom stereocenters. The molecule has 3 amide bonds. The number of carbonyl (C=O) groups is 2. The smallest absolute Gasteiger partial charge is 0.319 e. The van der Waals surface area contributed by atoms with Crippen LogP contribution in [-0.4, -0.2) is 65.6 Å². The molecular weight excluding hydrogens is 334 g/mol. The number of aromatic nitrogens is 2. The van der Waals surface area contributed by atoms with Gasteiger partial charge in [0.05, 0.1) is 5.92 Å². The molecule has 1 saturated heterocycles. The van der Waals surface area contributed by atoms with Crippen molar-refractivity contribution in [3.05, 3.63) is 11.7 Å². The molecule has 1 aliphatic carbocycles. The third-order valence-electron chi connectivity index (χ3n) is 5.28. The standard InChI is InChI=1S/C18H29N5O3/c1-22(2)18(25)23-11-5-8-14(12-23)16(24)19-10-9-15-20-17(26-21-15)13-6-3-4-7-13/h13-14H,3-12H2,1-2H3,(H,19,24)/t14-/m1/s1. The number of piperidine rings is 1. The summed E-state index contributed by atoms with van der Waals surface area (Å²) < 4.78 is 5.36. The number of amides is 3. The molecule has 1 aliphatic heterocycles. The van der Waals surface area contributed by atoms with Crippen molar-refractivity contribution in [2.45, 2.75) is 50.9 Å². The lowest BCUT2D eigenvalue weighted by atomic mass is 9.97.